The minimum Gasteiger partial charge on any atom is -0.459 e. The van der Waals surface area contributed by atoms with Gasteiger partial charge in [-0.05, 0) is 13.8 Å². The van der Waals surface area contributed by atoms with Crippen molar-refractivity contribution in [2.24, 2.45) is 5.92 Å². The maximum Gasteiger partial charge on any atom is 0.315 e. The van der Waals surface area contributed by atoms with E-state index in [1.165, 1.54) is 0 Å². The van der Waals surface area contributed by atoms with Gasteiger partial charge >= 0.3 is 5.97 Å². The highest BCUT2D eigenvalue weighted by molar-refractivity contribution is 6.59. The van der Waals surface area contributed by atoms with Crippen molar-refractivity contribution in [1.82, 2.24) is 0 Å². The number of carbonyl (C=O) groups excluding carboxylic acids is 1. The van der Waals surface area contributed by atoms with Crippen molar-refractivity contribution in [3.05, 3.63) is 9.52 Å². The maximum absolute atomic E-state index is 11.3. The summed E-state index contributed by atoms with van der Waals surface area (Å²) in [6.07, 6.45) is 0.508. The summed E-state index contributed by atoms with van der Waals surface area (Å²) in [7, 11) is 0. The second-order valence-corrected chi connectivity index (χ2v) is 4.90. The van der Waals surface area contributed by atoms with E-state index in [-0.39, 0.29) is 15.5 Å². The van der Waals surface area contributed by atoms with Crippen LogP contribution >= 0.6 is 34.8 Å². The molecule has 0 bridgehead atoms. The Morgan fingerprint density at radius 3 is 2.31 bits per heavy atom. The van der Waals surface area contributed by atoms with Crippen LogP contribution in [0.25, 0.3) is 0 Å². The lowest BCUT2D eigenvalue weighted by atomic mass is 9.97. The van der Waals surface area contributed by atoms with Crippen molar-refractivity contribution >= 4 is 40.8 Å². The lowest BCUT2D eigenvalue weighted by Gasteiger charge is -2.14. The highest BCUT2D eigenvalue weighted by Crippen LogP contribution is 2.38. The fraction of sp³-hybridized carbons (Fsp3) is 0.625. The van der Waals surface area contributed by atoms with Gasteiger partial charge in [-0.3, -0.25) is 4.79 Å². The molecule has 5 heteroatoms. The smallest absolute Gasteiger partial charge is 0.315 e. The van der Waals surface area contributed by atoms with Gasteiger partial charge in [0.1, 0.15) is 10.1 Å². The molecule has 0 radical (unpaired) electrons. The van der Waals surface area contributed by atoms with Crippen LogP contribution < -0.4 is 0 Å². The largest absolute Gasteiger partial charge is 0.459 e. The quantitative estimate of drug-likeness (QED) is 0.661. The first kappa shape index (κ1) is 11.2. The Bertz CT molecular complexity index is 267. The Morgan fingerprint density at radius 2 is 2.00 bits per heavy atom. The van der Waals surface area contributed by atoms with Crippen LogP contribution in [0.4, 0.5) is 0 Å². The number of hydrogen-bond donors (Lipinski definition) is 0. The predicted molar refractivity (Wildman–Crippen MR) is 52.9 cm³/mol. The summed E-state index contributed by atoms with van der Waals surface area (Å²) in [6.45, 7) is 3.63. The molecular weight excluding hydrogens is 234 g/mol. The van der Waals surface area contributed by atoms with Crippen LogP contribution in [-0.2, 0) is 9.53 Å². The van der Waals surface area contributed by atoms with Crippen molar-refractivity contribution in [3.63, 3.8) is 0 Å². The Labute approximate surface area is 91.8 Å². The van der Waals surface area contributed by atoms with Gasteiger partial charge < -0.3 is 4.74 Å². The van der Waals surface area contributed by atoms with Gasteiger partial charge in [0.05, 0.1) is 11.0 Å². The van der Waals surface area contributed by atoms with Gasteiger partial charge in [0.2, 0.25) is 0 Å². The third-order valence-corrected chi connectivity index (χ3v) is 2.90. The molecule has 1 aliphatic rings. The van der Waals surface area contributed by atoms with E-state index < -0.39 is 11.5 Å². The third kappa shape index (κ3) is 2.52. The molecule has 0 aliphatic carbocycles. The van der Waals surface area contributed by atoms with Crippen LogP contribution in [0, 0.1) is 5.92 Å². The Kier molecular flexibility index (Phi) is 3.16. The Balaban J connectivity index is 2.86. The number of cyclic esters (lactones) is 1. The Hall–Kier alpha value is 0.0800. The predicted octanol–water partition coefficient (Wildman–Crippen LogP) is 3.21. The molecule has 1 aliphatic heterocycles. The number of ether oxygens (including phenoxy) is 1. The topological polar surface area (TPSA) is 26.3 Å². The van der Waals surface area contributed by atoms with E-state index in [1.807, 2.05) is 13.8 Å². The highest BCUT2D eigenvalue weighted by atomic mass is 35.5. The molecule has 0 N–H and O–H groups in total. The van der Waals surface area contributed by atoms with Gasteiger partial charge in [-0.15, -0.1) is 0 Å². The minimum absolute atomic E-state index is 0.0682. The zero-order valence-corrected chi connectivity index (χ0v) is 9.50. The maximum atomic E-state index is 11.3. The molecule has 1 rings (SSSR count). The second-order valence-electron chi connectivity index (χ2n) is 3.55. The van der Waals surface area contributed by atoms with Gasteiger partial charge in [0.25, 0.3) is 0 Å². The van der Waals surface area contributed by atoms with Gasteiger partial charge in [0.15, 0.2) is 0 Å². The molecule has 1 heterocycles. The van der Waals surface area contributed by atoms with E-state index in [1.54, 1.807) is 0 Å². The van der Waals surface area contributed by atoms with Crippen molar-refractivity contribution in [1.29, 1.82) is 0 Å². The summed E-state index contributed by atoms with van der Waals surface area (Å²) in [5, 5.41) is 0.166. The fourth-order valence-electron chi connectivity index (χ4n) is 1.28. The lowest BCUT2D eigenvalue weighted by Crippen LogP contribution is -2.17. The standard InChI is InChI=1S/C8H9Cl3O2/c1-8(2)3-4(7(12)13-8)5(9)6(10)11/h4H,3H2,1-2H3. The van der Waals surface area contributed by atoms with Gasteiger partial charge in [-0.25, -0.2) is 0 Å². The lowest BCUT2D eigenvalue weighted by molar-refractivity contribution is -0.147. The first-order chi connectivity index (χ1) is 5.83. The third-order valence-electron chi connectivity index (χ3n) is 1.84. The molecule has 0 saturated carbocycles. The van der Waals surface area contributed by atoms with Crippen molar-refractivity contribution in [2.75, 3.05) is 0 Å². The molecule has 2 nitrogen and oxygen atoms in total. The van der Waals surface area contributed by atoms with E-state index in [4.69, 9.17) is 39.5 Å². The zero-order chi connectivity index (χ0) is 10.2. The van der Waals surface area contributed by atoms with E-state index in [0.717, 1.165) is 0 Å². The van der Waals surface area contributed by atoms with Crippen LogP contribution in [0.15, 0.2) is 9.52 Å². The number of halogens is 3. The average Bonchev–Trinajstić information content (AvgIpc) is 2.22. The van der Waals surface area contributed by atoms with E-state index in [0.29, 0.717) is 6.42 Å². The first-order valence-corrected chi connectivity index (χ1v) is 4.90. The summed E-state index contributed by atoms with van der Waals surface area (Å²) in [6, 6.07) is 0. The van der Waals surface area contributed by atoms with Crippen molar-refractivity contribution < 1.29 is 9.53 Å². The molecule has 0 spiro atoms. The van der Waals surface area contributed by atoms with Crippen LogP contribution in [0.3, 0.4) is 0 Å². The second kappa shape index (κ2) is 3.68. The first-order valence-electron chi connectivity index (χ1n) is 3.77. The summed E-state index contributed by atoms with van der Waals surface area (Å²) in [5.74, 6) is -0.879. The van der Waals surface area contributed by atoms with Crippen LogP contribution in [0.2, 0.25) is 0 Å². The molecule has 0 amide bonds. The SMILES string of the molecule is CC1(C)CC(C(Cl)=C(Cl)Cl)C(=O)O1. The summed E-state index contributed by atoms with van der Waals surface area (Å²) in [5.41, 5.74) is -0.481. The monoisotopic (exact) mass is 242 g/mol. The fourth-order valence-corrected chi connectivity index (χ4v) is 1.71. The number of carbonyl (C=O) groups is 1. The molecule has 1 atom stereocenters. The zero-order valence-electron chi connectivity index (χ0n) is 7.23. The molecule has 1 saturated heterocycles. The molecule has 0 aromatic carbocycles. The van der Waals surface area contributed by atoms with Crippen molar-refractivity contribution in [3.8, 4) is 0 Å². The molecule has 74 valence electrons. The van der Waals surface area contributed by atoms with Crippen LogP contribution in [-0.4, -0.2) is 11.6 Å². The summed E-state index contributed by atoms with van der Waals surface area (Å²) >= 11 is 16.7. The number of rotatable bonds is 1. The molecule has 0 aromatic rings. The highest BCUT2D eigenvalue weighted by Gasteiger charge is 2.42. The number of esters is 1. The Morgan fingerprint density at radius 1 is 1.46 bits per heavy atom. The van der Waals surface area contributed by atoms with Crippen LogP contribution in [0.5, 0.6) is 0 Å². The molecular formula is C8H9Cl3O2. The molecule has 13 heavy (non-hydrogen) atoms. The van der Waals surface area contributed by atoms with Gasteiger partial charge in [-0.1, -0.05) is 34.8 Å². The molecule has 1 unspecified atom stereocenters. The van der Waals surface area contributed by atoms with Crippen molar-refractivity contribution in [2.45, 2.75) is 25.9 Å². The van der Waals surface area contributed by atoms with Gasteiger partial charge in [-0.2, -0.15) is 0 Å². The number of hydrogen-bond acceptors (Lipinski definition) is 2. The van der Waals surface area contributed by atoms with Gasteiger partial charge in [0, 0.05) is 6.42 Å². The minimum atomic E-state index is -0.512. The molecule has 0 aromatic heterocycles. The molecule has 1 fully saturated rings. The van der Waals surface area contributed by atoms with E-state index in [2.05, 4.69) is 0 Å². The normalized spacial score (nSPS) is 25.6. The van der Waals surface area contributed by atoms with Crippen LogP contribution in [0.1, 0.15) is 20.3 Å². The summed E-state index contributed by atoms with van der Waals surface area (Å²) in [4.78, 5) is 11.3. The summed E-state index contributed by atoms with van der Waals surface area (Å²) < 4.78 is 4.99. The van der Waals surface area contributed by atoms with E-state index >= 15 is 0 Å². The van der Waals surface area contributed by atoms with E-state index in [9.17, 15) is 4.79 Å². The average molecular weight is 244 g/mol.